The summed E-state index contributed by atoms with van der Waals surface area (Å²) < 4.78 is 26.6. The maximum Gasteiger partial charge on any atom is 0.257 e. The first-order chi connectivity index (χ1) is 11.5. The van der Waals surface area contributed by atoms with Crippen LogP contribution in [-0.4, -0.2) is 12.5 Å². The highest BCUT2D eigenvalue weighted by atomic mass is 32.1. The summed E-state index contributed by atoms with van der Waals surface area (Å²) in [4.78, 5) is 1.38. The van der Waals surface area contributed by atoms with Crippen molar-refractivity contribution in [1.29, 1.82) is 0 Å². The lowest BCUT2D eigenvalue weighted by molar-refractivity contribution is 0.106. The largest absolute Gasteiger partial charge is 0.385 e. The van der Waals surface area contributed by atoms with Crippen LogP contribution in [0.15, 0.2) is 18.9 Å². The summed E-state index contributed by atoms with van der Waals surface area (Å²) in [7, 11) is 0. The van der Waals surface area contributed by atoms with E-state index in [1.54, 1.807) is 11.3 Å². The van der Waals surface area contributed by atoms with Crippen molar-refractivity contribution in [2.75, 3.05) is 11.9 Å². The van der Waals surface area contributed by atoms with Gasteiger partial charge in [-0.05, 0) is 50.0 Å². The van der Waals surface area contributed by atoms with Crippen LogP contribution in [0, 0.1) is 11.8 Å². The number of allylic oxidation sites excluding steroid dienone is 1. The molecule has 0 spiro atoms. The van der Waals surface area contributed by atoms with Crippen LogP contribution in [0.4, 0.5) is 13.8 Å². The van der Waals surface area contributed by atoms with E-state index in [2.05, 4.69) is 23.8 Å². The summed E-state index contributed by atoms with van der Waals surface area (Å²) in [6.45, 7) is 9.07. The zero-order chi connectivity index (χ0) is 16.9. The minimum Gasteiger partial charge on any atom is -0.385 e. The minimum atomic E-state index is -2.58. The van der Waals surface area contributed by atoms with Gasteiger partial charge in [-0.15, -0.1) is 11.3 Å². The molecule has 0 bridgehead atoms. The van der Waals surface area contributed by atoms with Gasteiger partial charge in [0.2, 0.25) is 0 Å². The molecule has 5 heteroatoms. The molecule has 0 aliphatic heterocycles. The molecule has 2 nitrogen and oxygen atoms in total. The standard InChI is InChI=1S/C19H24F2N2S/c1-11(15-9-19(15,20)21)23-18-17(12(2)22-10-13-7-8-13)14-5-3-4-6-16(14)24-18/h13,15,22-23H,1-10H2. The smallest absolute Gasteiger partial charge is 0.257 e. The number of aryl methyl sites for hydroxylation is 1. The number of thiophene rings is 1. The third kappa shape index (κ3) is 3.10. The Hall–Kier alpha value is -1.36. The number of alkyl halides is 2. The summed E-state index contributed by atoms with van der Waals surface area (Å²) in [5.74, 6) is -2.53. The van der Waals surface area contributed by atoms with Gasteiger partial charge in [-0.2, -0.15) is 0 Å². The van der Waals surface area contributed by atoms with Crippen molar-refractivity contribution >= 4 is 22.0 Å². The van der Waals surface area contributed by atoms with Gasteiger partial charge >= 0.3 is 0 Å². The number of hydrogen-bond acceptors (Lipinski definition) is 3. The number of halogens is 2. The lowest BCUT2D eigenvalue weighted by Crippen LogP contribution is -2.16. The fourth-order valence-corrected chi connectivity index (χ4v) is 4.83. The second-order valence-electron chi connectivity index (χ2n) is 7.39. The number of anilines is 1. The number of nitrogens with one attached hydrogen (secondary N) is 2. The van der Waals surface area contributed by atoms with Crippen molar-refractivity contribution in [3.8, 4) is 0 Å². The second kappa shape index (κ2) is 5.87. The molecule has 4 rings (SSSR count). The Kier molecular flexibility index (Phi) is 3.94. The second-order valence-corrected chi connectivity index (χ2v) is 8.49. The topological polar surface area (TPSA) is 24.1 Å². The summed E-state index contributed by atoms with van der Waals surface area (Å²) in [6.07, 6.45) is 7.03. The molecule has 130 valence electrons. The number of fused-ring (bicyclic) bond motifs is 1. The van der Waals surface area contributed by atoms with Crippen LogP contribution in [0.5, 0.6) is 0 Å². The molecule has 0 aromatic carbocycles. The molecular weight excluding hydrogens is 326 g/mol. The molecule has 0 radical (unpaired) electrons. The molecule has 1 aromatic rings. The van der Waals surface area contributed by atoms with Crippen LogP contribution in [-0.2, 0) is 12.8 Å². The molecule has 3 aliphatic rings. The van der Waals surface area contributed by atoms with Gasteiger partial charge in [-0.1, -0.05) is 13.2 Å². The molecule has 1 heterocycles. The van der Waals surface area contributed by atoms with Crippen molar-refractivity contribution in [1.82, 2.24) is 5.32 Å². The van der Waals surface area contributed by atoms with Crippen molar-refractivity contribution in [2.24, 2.45) is 11.8 Å². The van der Waals surface area contributed by atoms with E-state index in [9.17, 15) is 8.78 Å². The maximum atomic E-state index is 13.3. The van der Waals surface area contributed by atoms with Crippen LogP contribution in [0.2, 0.25) is 0 Å². The molecule has 1 aromatic heterocycles. The van der Waals surface area contributed by atoms with Gasteiger partial charge in [0.05, 0.1) is 5.92 Å². The van der Waals surface area contributed by atoms with Gasteiger partial charge in [-0.3, -0.25) is 0 Å². The van der Waals surface area contributed by atoms with E-state index < -0.39 is 11.8 Å². The van der Waals surface area contributed by atoms with Gasteiger partial charge in [0.1, 0.15) is 5.00 Å². The van der Waals surface area contributed by atoms with E-state index in [-0.39, 0.29) is 6.42 Å². The fourth-order valence-electron chi connectivity index (χ4n) is 3.48. The fraction of sp³-hybridized carbons (Fsp3) is 0.579. The normalized spacial score (nSPS) is 24.2. The summed E-state index contributed by atoms with van der Waals surface area (Å²) in [5.41, 5.74) is 3.84. The lowest BCUT2D eigenvalue weighted by atomic mass is 9.94. The first kappa shape index (κ1) is 16.1. The zero-order valence-electron chi connectivity index (χ0n) is 13.9. The van der Waals surface area contributed by atoms with Crippen molar-refractivity contribution in [3.63, 3.8) is 0 Å². The first-order valence-corrected chi connectivity index (χ1v) is 9.68. The lowest BCUT2D eigenvalue weighted by Gasteiger charge is -2.17. The average Bonchev–Trinajstić information content (AvgIpc) is 3.43. The molecule has 0 saturated heterocycles. The van der Waals surface area contributed by atoms with Crippen LogP contribution >= 0.6 is 11.3 Å². The molecule has 0 amide bonds. The summed E-state index contributed by atoms with van der Waals surface area (Å²) >= 11 is 1.70. The Morgan fingerprint density at radius 3 is 2.58 bits per heavy atom. The SMILES string of the molecule is C=C(NCC1CC1)c1c(NC(=C)C2CC2(F)F)sc2c1CCCC2. The molecule has 2 fully saturated rings. The Bertz CT molecular complexity index is 688. The van der Waals surface area contributed by atoms with E-state index in [0.29, 0.717) is 5.70 Å². The van der Waals surface area contributed by atoms with E-state index in [1.165, 1.54) is 36.1 Å². The molecule has 1 unspecified atom stereocenters. The Morgan fingerprint density at radius 2 is 1.92 bits per heavy atom. The van der Waals surface area contributed by atoms with Crippen molar-refractivity contribution < 1.29 is 8.78 Å². The predicted molar refractivity (Wildman–Crippen MR) is 96.5 cm³/mol. The van der Waals surface area contributed by atoms with E-state index >= 15 is 0 Å². The zero-order valence-corrected chi connectivity index (χ0v) is 14.7. The third-order valence-corrected chi connectivity index (χ3v) is 6.50. The monoisotopic (exact) mass is 350 g/mol. The highest BCUT2D eigenvalue weighted by Crippen LogP contribution is 2.53. The van der Waals surface area contributed by atoms with Crippen molar-refractivity contribution in [2.45, 2.75) is 50.9 Å². The average molecular weight is 350 g/mol. The summed E-state index contributed by atoms with van der Waals surface area (Å²) in [6, 6.07) is 0. The predicted octanol–water partition coefficient (Wildman–Crippen LogP) is 5.18. The molecule has 3 aliphatic carbocycles. The number of hydrogen-bond donors (Lipinski definition) is 2. The summed E-state index contributed by atoms with van der Waals surface area (Å²) in [5, 5.41) is 7.63. The Labute approximate surface area is 146 Å². The minimum absolute atomic E-state index is 0.0832. The Balaban J connectivity index is 1.56. The van der Waals surface area contributed by atoms with Crippen molar-refractivity contribution in [3.05, 3.63) is 34.9 Å². The van der Waals surface area contributed by atoms with E-state index in [0.717, 1.165) is 41.6 Å². The molecular formula is C19H24F2N2S. The molecule has 2 saturated carbocycles. The quantitative estimate of drug-likeness (QED) is 0.708. The number of rotatable bonds is 7. The van der Waals surface area contributed by atoms with Gasteiger partial charge < -0.3 is 10.6 Å². The Morgan fingerprint density at radius 1 is 1.21 bits per heavy atom. The van der Waals surface area contributed by atoms with Crippen LogP contribution in [0.1, 0.15) is 48.1 Å². The van der Waals surface area contributed by atoms with Gasteiger partial charge in [0, 0.05) is 34.8 Å². The first-order valence-electron chi connectivity index (χ1n) is 8.87. The van der Waals surface area contributed by atoms with E-state index in [1.807, 2.05) is 0 Å². The van der Waals surface area contributed by atoms with Crippen LogP contribution < -0.4 is 10.6 Å². The highest BCUT2D eigenvalue weighted by molar-refractivity contribution is 7.16. The van der Waals surface area contributed by atoms with E-state index in [4.69, 9.17) is 0 Å². The molecule has 2 N–H and O–H groups in total. The highest BCUT2D eigenvalue weighted by Gasteiger charge is 2.58. The van der Waals surface area contributed by atoms with Crippen LogP contribution in [0.3, 0.4) is 0 Å². The van der Waals surface area contributed by atoms with Gasteiger partial charge in [0.25, 0.3) is 5.92 Å². The maximum absolute atomic E-state index is 13.3. The van der Waals surface area contributed by atoms with Gasteiger partial charge in [0.15, 0.2) is 0 Å². The molecule has 24 heavy (non-hydrogen) atoms. The molecule has 1 atom stereocenters. The van der Waals surface area contributed by atoms with Gasteiger partial charge in [-0.25, -0.2) is 8.78 Å². The van der Waals surface area contributed by atoms with Crippen LogP contribution in [0.25, 0.3) is 5.70 Å². The third-order valence-electron chi connectivity index (χ3n) is 5.29.